The van der Waals surface area contributed by atoms with Gasteiger partial charge in [0.05, 0.1) is 5.01 Å². The number of nitrogens with zero attached hydrogens (tertiary/aromatic N) is 1. The zero-order valence-electron chi connectivity index (χ0n) is 18.9. The van der Waals surface area contributed by atoms with Crippen molar-refractivity contribution in [3.63, 3.8) is 0 Å². The molecule has 5 rings (SSSR count). The minimum absolute atomic E-state index is 0.00143. The fourth-order valence-electron chi connectivity index (χ4n) is 4.48. The summed E-state index contributed by atoms with van der Waals surface area (Å²) in [7, 11) is 0. The first-order valence-corrected chi connectivity index (χ1v) is 12.5. The highest BCUT2D eigenvalue weighted by molar-refractivity contribution is 7.09. The number of aliphatic carboxylic acids is 1. The maximum absolute atomic E-state index is 12.4. The smallest absolute Gasteiger partial charge is 0.407 e. The number of benzene rings is 2. The second kappa shape index (κ2) is 9.87. The Kier molecular flexibility index (Phi) is 6.50. The summed E-state index contributed by atoms with van der Waals surface area (Å²) < 4.78 is 5.53. The molecular formula is C26H25N3O5S. The normalized spacial score (nSPS) is 15.1. The van der Waals surface area contributed by atoms with Gasteiger partial charge in [0.25, 0.3) is 5.91 Å². The van der Waals surface area contributed by atoms with Gasteiger partial charge < -0.3 is 20.5 Å². The number of carboxylic acid groups (broad SMARTS) is 1. The van der Waals surface area contributed by atoms with E-state index in [1.807, 2.05) is 24.3 Å². The molecule has 2 aromatic carbocycles. The molecule has 9 heteroatoms. The van der Waals surface area contributed by atoms with Crippen LogP contribution in [0.3, 0.4) is 0 Å². The van der Waals surface area contributed by atoms with E-state index in [2.05, 4.69) is 39.9 Å². The summed E-state index contributed by atoms with van der Waals surface area (Å²) in [6, 6.07) is 15.5. The summed E-state index contributed by atoms with van der Waals surface area (Å²) in [6.45, 7) is 0.554. The predicted octanol–water partition coefficient (Wildman–Crippen LogP) is 3.82. The minimum Gasteiger partial charge on any atom is -0.480 e. The van der Waals surface area contributed by atoms with E-state index in [1.54, 1.807) is 5.38 Å². The fraction of sp³-hybridized carbons (Fsp3) is 0.308. The number of hydrogen-bond acceptors (Lipinski definition) is 6. The highest BCUT2D eigenvalue weighted by Gasteiger charge is 2.37. The maximum Gasteiger partial charge on any atom is 0.407 e. The minimum atomic E-state index is -1.02. The number of fused-ring (bicyclic) bond motifs is 3. The number of carbonyl (C=O) groups is 3. The number of ether oxygens (including phenoxy) is 1. The van der Waals surface area contributed by atoms with Crippen LogP contribution in [0, 0.1) is 5.92 Å². The second-order valence-corrected chi connectivity index (χ2v) is 9.70. The molecule has 2 aliphatic carbocycles. The van der Waals surface area contributed by atoms with Crippen LogP contribution < -0.4 is 10.6 Å². The first-order chi connectivity index (χ1) is 17.0. The van der Waals surface area contributed by atoms with Crippen LogP contribution in [-0.2, 0) is 16.0 Å². The average molecular weight is 492 g/mol. The van der Waals surface area contributed by atoms with E-state index in [1.165, 1.54) is 22.5 Å². The molecule has 180 valence electrons. The van der Waals surface area contributed by atoms with E-state index in [0.29, 0.717) is 18.0 Å². The molecule has 8 nitrogen and oxygen atoms in total. The third-order valence-corrected chi connectivity index (χ3v) is 7.29. The highest BCUT2D eigenvalue weighted by Crippen LogP contribution is 2.44. The van der Waals surface area contributed by atoms with Gasteiger partial charge in [0.2, 0.25) is 0 Å². The molecule has 0 bridgehead atoms. The van der Waals surface area contributed by atoms with Gasteiger partial charge in [-0.1, -0.05) is 48.5 Å². The quantitative estimate of drug-likeness (QED) is 0.419. The third-order valence-electron chi connectivity index (χ3n) is 6.38. The second-order valence-electron chi connectivity index (χ2n) is 8.76. The lowest BCUT2D eigenvalue weighted by Crippen LogP contribution is -2.42. The average Bonchev–Trinajstić information content (AvgIpc) is 3.50. The first-order valence-electron chi connectivity index (χ1n) is 11.6. The summed E-state index contributed by atoms with van der Waals surface area (Å²) in [4.78, 5) is 40.3. The predicted molar refractivity (Wildman–Crippen MR) is 131 cm³/mol. The lowest BCUT2D eigenvalue weighted by atomic mass is 9.98. The van der Waals surface area contributed by atoms with Crippen LogP contribution in [0.4, 0.5) is 4.79 Å². The topological polar surface area (TPSA) is 118 Å². The number of carboxylic acids is 1. The van der Waals surface area contributed by atoms with Crippen molar-refractivity contribution in [3.8, 4) is 11.1 Å². The summed E-state index contributed by atoms with van der Waals surface area (Å²) in [5.41, 5.74) is 4.85. The lowest BCUT2D eigenvalue weighted by Gasteiger charge is -2.14. The molecule has 35 heavy (non-hydrogen) atoms. The lowest BCUT2D eigenvalue weighted by molar-refractivity contribution is -0.139. The SMILES string of the molecule is O=C(NCCc1nc(C(=O)NC(C(=O)O)C2CC2)cs1)OCC1c2ccccc2-c2ccccc21. The Morgan fingerprint density at radius 3 is 2.34 bits per heavy atom. The van der Waals surface area contributed by atoms with Crippen LogP contribution in [0.15, 0.2) is 53.9 Å². The van der Waals surface area contributed by atoms with Gasteiger partial charge in [-0.15, -0.1) is 11.3 Å². The Balaban J connectivity index is 1.10. The molecule has 1 unspecified atom stereocenters. The van der Waals surface area contributed by atoms with Crippen LogP contribution in [0.5, 0.6) is 0 Å². The zero-order chi connectivity index (χ0) is 24.4. The Morgan fingerprint density at radius 2 is 1.71 bits per heavy atom. The molecule has 2 amide bonds. The summed E-state index contributed by atoms with van der Waals surface area (Å²) in [5, 5.41) is 16.8. The van der Waals surface area contributed by atoms with E-state index < -0.39 is 24.0 Å². The van der Waals surface area contributed by atoms with Crippen molar-refractivity contribution in [1.82, 2.24) is 15.6 Å². The molecular weight excluding hydrogens is 466 g/mol. The van der Waals surface area contributed by atoms with Crippen molar-refractivity contribution in [3.05, 3.63) is 75.7 Å². The van der Waals surface area contributed by atoms with Gasteiger partial charge >= 0.3 is 12.1 Å². The number of alkyl carbamates (subject to hydrolysis) is 1. The van der Waals surface area contributed by atoms with E-state index >= 15 is 0 Å². The van der Waals surface area contributed by atoms with Crippen molar-refractivity contribution in [2.24, 2.45) is 5.92 Å². The van der Waals surface area contributed by atoms with Crippen LogP contribution in [0.1, 0.15) is 45.4 Å². The molecule has 2 aliphatic rings. The highest BCUT2D eigenvalue weighted by atomic mass is 32.1. The molecule has 0 aliphatic heterocycles. The van der Waals surface area contributed by atoms with Crippen LogP contribution >= 0.6 is 11.3 Å². The number of hydrogen-bond donors (Lipinski definition) is 3. The third kappa shape index (κ3) is 5.05. The standard InChI is InChI=1S/C26H25N3O5S/c30-24(29-23(25(31)32)15-9-10-15)21-14-35-22(28-21)11-12-27-26(33)34-13-20-18-7-3-1-5-16(18)17-6-2-4-8-19(17)20/h1-8,14-15,20,23H,9-13H2,(H,27,33)(H,29,30)(H,31,32). The molecule has 3 aromatic rings. The molecule has 0 radical (unpaired) electrons. The Labute approximate surface area is 206 Å². The zero-order valence-corrected chi connectivity index (χ0v) is 19.7. The molecule has 1 fully saturated rings. The maximum atomic E-state index is 12.4. The number of thiazole rings is 1. The van der Waals surface area contributed by atoms with Crippen LogP contribution in [-0.4, -0.2) is 47.3 Å². The monoisotopic (exact) mass is 491 g/mol. The van der Waals surface area contributed by atoms with Crippen molar-refractivity contribution in [2.45, 2.75) is 31.2 Å². The molecule has 1 atom stereocenters. The van der Waals surface area contributed by atoms with Crippen molar-refractivity contribution < 1.29 is 24.2 Å². The number of aromatic nitrogens is 1. The molecule has 1 heterocycles. The van der Waals surface area contributed by atoms with Gasteiger partial charge in [0, 0.05) is 24.3 Å². The van der Waals surface area contributed by atoms with Crippen molar-refractivity contribution in [2.75, 3.05) is 13.2 Å². The van der Waals surface area contributed by atoms with Gasteiger partial charge in [0.15, 0.2) is 0 Å². The number of rotatable bonds is 9. The molecule has 1 saturated carbocycles. The van der Waals surface area contributed by atoms with Gasteiger partial charge in [-0.05, 0) is 41.0 Å². The number of nitrogens with one attached hydrogen (secondary N) is 2. The van der Waals surface area contributed by atoms with Crippen LogP contribution in [0.25, 0.3) is 11.1 Å². The van der Waals surface area contributed by atoms with Gasteiger partial charge in [0.1, 0.15) is 18.3 Å². The Bertz CT molecular complexity index is 1220. The Morgan fingerprint density at radius 1 is 1.06 bits per heavy atom. The molecule has 0 spiro atoms. The van der Waals surface area contributed by atoms with E-state index in [9.17, 15) is 19.5 Å². The summed E-state index contributed by atoms with van der Waals surface area (Å²) in [6.07, 6.45) is 1.55. The first kappa shape index (κ1) is 23.0. The van der Waals surface area contributed by atoms with Gasteiger partial charge in [-0.3, -0.25) is 4.79 Å². The van der Waals surface area contributed by atoms with E-state index in [4.69, 9.17) is 4.74 Å². The number of amides is 2. The van der Waals surface area contributed by atoms with Gasteiger partial charge in [-0.25, -0.2) is 14.6 Å². The summed E-state index contributed by atoms with van der Waals surface area (Å²) in [5.74, 6) is -1.52. The van der Waals surface area contributed by atoms with Crippen molar-refractivity contribution in [1.29, 1.82) is 0 Å². The number of carbonyl (C=O) groups excluding carboxylic acids is 2. The van der Waals surface area contributed by atoms with E-state index in [-0.39, 0.29) is 24.1 Å². The summed E-state index contributed by atoms with van der Waals surface area (Å²) >= 11 is 1.30. The largest absolute Gasteiger partial charge is 0.480 e. The molecule has 0 saturated heterocycles. The van der Waals surface area contributed by atoms with E-state index in [0.717, 1.165) is 24.0 Å². The fourth-order valence-corrected chi connectivity index (χ4v) is 5.26. The van der Waals surface area contributed by atoms with Crippen LogP contribution in [0.2, 0.25) is 0 Å². The Hall–Kier alpha value is -3.72. The molecule has 3 N–H and O–H groups in total. The van der Waals surface area contributed by atoms with Crippen molar-refractivity contribution >= 4 is 29.3 Å². The molecule has 1 aromatic heterocycles. The van der Waals surface area contributed by atoms with Gasteiger partial charge in [-0.2, -0.15) is 0 Å².